The van der Waals surface area contributed by atoms with Gasteiger partial charge in [-0.15, -0.1) is 0 Å². The van der Waals surface area contributed by atoms with E-state index < -0.39 is 0 Å². The lowest BCUT2D eigenvalue weighted by Crippen LogP contribution is -2.52. The lowest BCUT2D eigenvalue weighted by molar-refractivity contribution is -0.136. The predicted octanol–water partition coefficient (Wildman–Crippen LogP) is 1.88. The molecule has 1 aliphatic rings. The summed E-state index contributed by atoms with van der Waals surface area (Å²) in [6, 6.07) is 2.45. The highest BCUT2D eigenvalue weighted by molar-refractivity contribution is 5.82. The minimum Gasteiger partial charge on any atom is -0.341 e. The number of amides is 1. The molecule has 1 fully saturated rings. The summed E-state index contributed by atoms with van der Waals surface area (Å²) in [5, 5.41) is 7.84. The summed E-state index contributed by atoms with van der Waals surface area (Å²) in [6.45, 7) is 10.9. The highest BCUT2D eigenvalue weighted by Gasteiger charge is 2.28. The second kappa shape index (κ2) is 7.07. The molecule has 1 atom stereocenters. The molecule has 1 unspecified atom stereocenters. The second-order valence-electron chi connectivity index (χ2n) is 6.35. The lowest BCUT2D eigenvalue weighted by Gasteiger charge is -2.33. The maximum absolute atomic E-state index is 12.4. The van der Waals surface area contributed by atoms with Crippen LogP contribution in [0.1, 0.15) is 44.5 Å². The summed E-state index contributed by atoms with van der Waals surface area (Å²) in [6.07, 6.45) is 3.02. The average Bonchev–Trinajstić information content (AvgIpc) is 2.72. The number of aryl methyl sites for hydroxylation is 3. The van der Waals surface area contributed by atoms with Crippen LogP contribution >= 0.6 is 0 Å². The van der Waals surface area contributed by atoms with Crippen LogP contribution in [0.25, 0.3) is 0 Å². The van der Waals surface area contributed by atoms with Crippen molar-refractivity contribution in [3.05, 3.63) is 17.5 Å². The first-order chi connectivity index (χ1) is 9.97. The molecule has 2 heterocycles. The number of nitrogens with one attached hydrogen (secondary N) is 1. The largest absolute Gasteiger partial charge is 0.341 e. The monoisotopic (exact) mass is 292 g/mol. The van der Waals surface area contributed by atoms with E-state index in [0.717, 1.165) is 44.6 Å². The Morgan fingerprint density at radius 3 is 2.76 bits per heavy atom. The third kappa shape index (κ3) is 4.30. The Morgan fingerprint density at radius 2 is 2.14 bits per heavy atom. The van der Waals surface area contributed by atoms with E-state index in [9.17, 15) is 4.79 Å². The molecule has 0 aromatic carbocycles. The number of rotatable bonds is 6. The third-order valence-electron chi connectivity index (χ3n) is 3.97. The van der Waals surface area contributed by atoms with Gasteiger partial charge in [-0.1, -0.05) is 13.8 Å². The molecule has 21 heavy (non-hydrogen) atoms. The Bertz CT molecular complexity index is 481. The first-order valence-electron chi connectivity index (χ1n) is 8.03. The maximum atomic E-state index is 12.4. The standard InChI is InChI=1S/C16H28N4O/c1-12(2)17-15-7-5-8-19(16(15)21)9-6-10-20-14(4)11-13(3)18-20/h11-12,15,17H,5-10H2,1-4H3. The van der Waals surface area contributed by atoms with E-state index in [-0.39, 0.29) is 11.9 Å². The minimum atomic E-state index is 0.00688. The number of likely N-dealkylation sites (tertiary alicyclic amines) is 1. The zero-order valence-electron chi connectivity index (χ0n) is 13.7. The van der Waals surface area contributed by atoms with Crippen LogP contribution in [-0.4, -0.2) is 45.8 Å². The first-order valence-corrected chi connectivity index (χ1v) is 8.03. The van der Waals surface area contributed by atoms with Crippen molar-refractivity contribution in [1.29, 1.82) is 0 Å². The highest BCUT2D eigenvalue weighted by atomic mass is 16.2. The summed E-state index contributed by atoms with van der Waals surface area (Å²) < 4.78 is 2.04. The fourth-order valence-corrected chi connectivity index (χ4v) is 3.03. The Labute approximate surface area is 127 Å². The Balaban J connectivity index is 1.82. The molecule has 0 aliphatic carbocycles. The molecule has 0 saturated carbocycles. The Morgan fingerprint density at radius 1 is 1.38 bits per heavy atom. The summed E-state index contributed by atoms with van der Waals surface area (Å²) in [4.78, 5) is 14.4. The summed E-state index contributed by atoms with van der Waals surface area (Å²) in [5.41, 5.74) is 2.25. The van der Waals surface area contributed by atoms with Crippen molar-refractivity contribution in [2.24, 2.45) is 0 Å². The van der Waals surface area contributed by atoms with Crippen LogP contribution in [0.4, 0.5) is 0 Å². The van der Waals surface area contributed by atoms with Crippen LogP contribution < -0.4 is 5.32 Å². The lowest BCUT2D eigenvalue weighted by atomic mass is 10.0. The van der Waals surface area contributed by atoms with Gasteiger partial charge >= 0.3 is 0 Å². The zero-order chi connectivity index (χ0) is 15.4. The van der Waals surface area contributed by atoms with Gasteiger partial charge in [0.1, 0.15) is 0 Å². The first kappa shape index (κ1) is 16.0. The molecule has 5 nitrogen and oxygen atoms in total. The Hall–Kier alpha value is -1.36. The zero-order valence-corrected chi connectivity index (χ0v) is 13.7. The van der Waals surface area contributed by atoms with Crippen LogP contribution in [-0.2, 0) is 11.3 Å². The number of hydrogen-bond donors (Lipinski definition) is 1. The van der Waals surface area contributed by atoms with Crippen LogP contribution in [0, 0.1) is 13.8 Å². The van der Waals surface area contributed by atoms with Crippen LogP contribution in [0.2, 0.25) is 0 Å². The van der Waals surface area contributed by atoms with E-state index in [0.29, 0.717) is 6.04 Å². The van der Waals surface area contributed by atoms with Crippen LogP contribution in [0.15, 0.2) is 6.07 Å². The molecule has 1 aromatic rings. The number of nitrogens with zero attached hydrogens (tertiary/aromatic N) is 3. The van der Waals surface area contributed by atoms with Crippen molar-refractivity contribution in [1.82, 2.24) is 20.0 Å². The summed E-state index contributed by atoms with van der Waals surface area (Å²) in [5.74, 6) is 0.267. The minimum absolute atomic E-state index is 0.00688. The van der Waals surface area contributed by atoms with Crippen molar-refractivity contribution in [2.75, 3.05) is 13.1 Å². The molecule has 2 rings (SSSR count). The van der Waals surface area contributed by atoms with E-state index in [1.54, 1.807) is 0 Å². The molecular weight excluding hydrogens is 264 g/mol. The van der Waals surface area contributed by atoms with Gasteiger partial charge in [-0.3, -0.25) is 9.48 Å². The maximum Gasteiger partial charge on any atom is 0.239 e. The van der Waals surface area contributed by atoms with E-state index >= 15 is 0 Å². The predicted molar refractivity (Wildman–Crippen MR) is 84.2 cm³/mol. The van der Waals surface area contributed by atoms with Gasteiger partial charge in [0.25, 0.3) is 0 Å². The van der Waals surface area contributed by atoms with Gasteiger partial charge in [0, 0.05) is 31.4 Å². The molecule has 1 aliphatic heterocycles. The van der Waals surface area contributed by atoms with Gasteiger partial charge in [-0.05, 0) is 39.2 Å². The highest BCUT2D eigenvalue weighted by Crippen LogP contribution is 2.13. The number of aromatic nitrogens is 2. The summed E-state index contributed by atoms with van der Waals surface area (Å²) >= 11 is 0. The number of piperidine rings is 1. The SMILES string of the molecule is Cc1cc(C)n(CCCN2CCCC(NC(C)C)C2=O)n1. The fraction of sp³-hybridized carbons (Fsp3) is 0.750. The smallest absolute Gasteiger partial charge is 0.239 e. The number of carbonyl (C=O) groups excluding carboxylic acids is 1. The third-order valence-corrected chi connectivity index (χ3v) is 3.97. The second-order valence-corrected chi connectivity index (χ2v) is 6.35. The van der Waals surface area contributed by atoms with E-state index in [4.69, 9.17) is 0 Å². The van der Waals surface area contributed by atoms with Crippen molar-refractivity contribution < 1.29 is 4.79 Å². The molecule has 0 spiro atoms. The van der Waals surface area contributed by atoms with Crippen LogP contribution in [0.5, 0.6) is 0 Å². The number of hydrogen-bond acceptors (Lipinski definition) is 3. The van der Waals surface area contributed by atoms with Gasteiger partial charge in [0.05, 0.1) is 11.7 Å². The normalized spacial score (nSPS) is 19.6. The molecule has 1 aromatic heterocycles. The van der Waals surface area contributed by atoms with Crippen molar-refractivity contribution in [2.45, 2.75) is 65.6 Å². The van der Waals surface area contributed by atoms with Gasteiger partial charge in [0.2, 0.25) is 5.91 Å². The topological polar surface area (TPSA) is 50.2 Å². The van der Waals surface area contributed by atoms with Gasteiger partial charge in [-0.25, -0.2) is 0 Å². The van der Waals surface area contributed by atoms with Crippen molar-refractivity contribution in [3.63, 3.8) is 0 Å². The molecule has 0 bridgehead atoms. The molecular formula is C16H28N4O. The fourth-order valence-electron chi connectivity index (χ4n) is 3.03. The molecule has 1 saturated heterocycles. The average molecular weight is 292 g/mol. The molecule has 118 valence electrons. The van der Waals surface area contributed by atoms with E-state index in [1.165, 1.54) is 5.69 Å². The van der Waals surface area contributed by atoms with Crippen molar-refractivity contribution in [3.8, 4) is 0 Å². The van der Waals surface area contributed by atoms with E-state index in [1.807, 2.05) is 16.5 Å². The van der Waals surface area contributed by atoms with Crippen molar-refractivity contribution >= 4 is 5.91 Å². The Kier molecular flexibility index (Phi) is 5.39. The number of carbonyl (C=O) groups is 1. The van der Waals surface area contributed by atoms with E-state index in [2.05, 4.69) is 37.3 Å². The van der Waals surface area contributed by atoms with Gasteiger partial charge in [-0.2, -0.15) is 5.10 Å². The van der Waals surface area contributed by atoms with Gasteiger partial charge in [0.15, 0.2) is 0 Å². The molecule has 5 heteroatoms. The molecule has 1 N–H and O–H groups in total. The summed E-state index contributed by atoms with van der Waals surface area (Å²) in [7, 11) is 0. The molecule has 0 radical (unpaired) electrons. The van der Waals surface area contributed by atoms with Crippen LogP contribution in [0.3, 0.4) is 0 Å². The quantitative estimate of drug-likeness (QED) is 0.871. The molecule has 1 amide bonds. The van der Waals surface area contributed by atoms with Gasteiger partial charge < -0.3 is 10.2 Å².